The largest absolute Gasteiger partial charge is 0.508 e. The van der Waals surface area contributed by atoms with Crippen LogP contribution >= 0.6 is 0 Å². The summed E-state index contributed by atoms with van der Waals surface area (Å²) in [6.07, 6.45) is -0.354. The first-order chi connectivity index (χ1) is 5.20. The molecule has 3 heteroatoms. The van der Waals surface area contributed by atoms with Gasteiger partial charge in [0.2, 0.25) is 0 Å². The summed E-state index contributed by atoms with van der Waals surface area (Å²) in [7, 11) is 0. The van der Waals surface area contributed by atoms with Crippen molar-refractivity contribution in [1.82, 2.24) is 0 Å². The topological polar surface area (TPSA) is 37.3 Å². The highest BCUT2D eigenvalue weighted by atomic mass is 19.1. The smallest absolute Gasteiger partial charge is 0.306 e. The summed E-state index contributed by atoms with van der Waals surface area (Å²) in [5.74, 6) is -0.0431. The van der Waals surface area contributed by atoms with Crippen molar-refractivity contribution in [3.8, 4) is 5.75 Å². The molecule has 1 aromatic carbocycles. The SMILES string of the molecule is O=C(F)Cc1ccccc1O. The third-order valence-corrected chi connectivity index (χ3v) is 1.32. The van der Waals surface area contributed by atoms with E-state index >= 15 is 0 Å². The lowest BCUT2D eigenvalue weighted by molar-refractivity contribution is -0.128. The Bertz CT molecular complexity index is 271. The Kier molecular flexibility index (Phi) is 2.21. The number of rotatable bonds is 2. The number of hydrogen-bond donors (Lipinski definition) is 1. The first-order valence-corrected chi connectivity index (χ1v) is 3.15. The van der Waals surface area contributed by atoms with E-state index in [1.54, 1.807) is 12.1 Å². The fraction of sp³-hybridized carbons (Fsp3) is 0.125. The molecule has 0 atom stereocenters. The quantitative estimate of drug-likeness (QED) is 0.654. The standard InChI is InChI=1S/C8H7FO2/c9-8(11)5-6-3-1-2-4-7(6)10/h1-4,10H,5H2. The number of hydrogen-bond acceptors (Lipinski definition) is 2. The van der Waals surface area contributed by atoms with Gasteiger partial charge in [0.15, 0.2) is 0 Å². The second-order valence-corrected chi connectivity index (χ2v) is 2.16. The van der Waals surface area contributed by atoms with Crippen molar-refractivity contribution in [1.29, 1.82) is 0 Å². The molecule has 0 heterocycles. The molecule has 1 aromatic rings. The van der Waals surface area contributed by atoms with Gasteiger partial charge >= 0.3 is 6.04 Å². The third-order valence-electron chi connectivity index (χ3n) is 1.32. The molecule has 0 saturated carbocycles. The highest BCUT2D eigenvalue weighted by Crippen LogP contribution is 2.15. The zero-order valence-corrected chi connectivity index (χ0v) is 5.75. The summed E-state index contributed by atoms with van der Waals surface area (Å²) in [6, 6.07) is 4.73. The molecule has 1 N–H and O–H groups in total. The van der Waals surface area contributed by atoms with E-state index in [2.05, 4.69) is 0 Å². The average molecular weight is 154 g/mol. The zero-order valence-electron chi connectivity index (χ0n) is 5.75. The monoisotopic (exact) mass is 154 g/mol. The Morgan fingerprint density at radius 1 is 1.45 bits per heavy atom. The number of phenolic OH excluding ortho intramolecular Hbond substituents is 1. The third kappa shape index (κ3) is 2.04. The van der Waals surface area contributed by atoms with Gasteiger partial charge in [-0.1, -0.05) is 18.2 Å². The molecule has 0 amide bonds. The fourth-order valence-electron chi connectivity index (χ4n) is 0.810. The average Bonchev–Trinajstić information content (AvgIpc) is 1.93. The predicted octanol–water partition coefficient (Wildman–Crippen LogP) is 1.43. The van der Waals surface area contributed by atoms with Crippen LogP contribution in [0.5, 0.6) is 5.75 Å². The van der Waals surface area contributed by atoms with Crippen molar-refractivity contribution in [3.63, 3.8) is 0 Å². The number of para-hydroxylation sites is 1. The first kappa shape index (κ1) is 7.72. The van der Waals surface area contributed by atoms with E-state index in [1.165, 1.54) is 12.1 Å². The molecule has 0 bridgehead atoms. The maximum atomic E-state index is 11.8. The van der Waals surface area contributed by atoms with Crippen molar-refractivity contribution >= 4 is 6.04 Å². The summed E-state index contributed by atoms with van der Waals surface area (Å²) in [5, 5.41) is 9.04. The minimum atomic E-state index is -1.44. The maximum Gasteiger partial charge on any atom is 0.306 e. The number of benzene rings is 1. The van der Waals surface area contributed by atoms with Crippen LogP contribution < -0.4 is 0 Å². The lowest BCUT2D eigenvalue weighted by Gasteiger charge is -1.97. The van der Waals surface area contributed by atoms with Crippen LogP contribution in [0.2, 0.25) is 0 Å². The molecule has 0 aromatic heterocycles. The van der Waals surface area contributed by atoms with Gasteiger partial charge in [0.05, 0.1) is 6.42 Å². The van der Waals surface area contributed by atoms with Crippen LogP contribution in [0.25, 0.3) is 0 Å². The highest BCUT2D eigenvalue weighted by Gasteiger charge is 2.04. The first-order valence-electron chi connectivity index (χ1n) is 3.15. The normalized spacial score (nSPS) is 9.55. The van der Waals surface area contributed by atoms with E-state index in [4.69, 9.17) is 5.11 Å². The lowest BCUT2D eigenvalue weighted by atomic mass is 10.1. The Balaban J connectivity index is 2.86. The van der Waals surface area contributed by atoms with E-state index in [9.17, 15) is 9.18 Å². The van der Waals surface area contributed by atoms with Gasteiger partial charge in [0.25, 0.3) is 0 Å². The van der Waals surface area contributed by atoms with E-state index < -0.39 is 6.04 Å². The van der Waals surface area contributed by atoms with Crippen LogP contribution in [0.3, 0.4) is 0 Å². The van der Waals surface area contributed by atoms with Gasteiger partial charge in [-0.2, -0.15) is 4.39 Å². The maximum absolute atomic E-state index is 11.8. The molecule has 11 heavy (non-hydrogen) atoms. The fourth-order valence-corrected chi connectivity index (χ4v) is 0.810. The predicted molar refractivity (Wildman–Crippen MR) is 37.9 cm³/mol. The minimum absolute atomic E-state index is 0.0431. The number of halogens is 1. The lowest BCUT2D eigenvalue weighted by Crippen LogP contribution is -1.94. The van der Waals surface area contributed by atoms with Crippen LogP contribution in [-0.4, -0.2) is 11.1 Å². The van der Waals surface area contributed by atoms with Crippen LogP contribution in [0, 0.1) is 0 Å². The summed E-state index contributed by atoms with van der Waals surface area (Å²) < 4.78 is 11.8. The number of phenols is 1. The van der Waals surface area contributed by atoms with Gasteiger partial charge < -0.3 is 5.11 Å². The molecule has 1 rings (SSSR count). The van der Waals surface area contributed by atoms with E-state index in [1.807, 2.05) is 0 Å². The van der Waals surface area contributed by atoms with Crippen molar-refractivity contribution in [2.75, 3.05) is 0 Å². The summed E-state index contributed by atoms with van der Waals surface area (Å²) in [5.41, 5.74) is 0.319. The van der Waals surface area contributed by atoms with Gasteiger partial charge in [-0.15, -0.1) is 0 Å². The van der Waals surface area contributed by atoms with Gasteiger partial charge in [-0.3, -0.25) is 4.79 Å². The summed E-state index contributed by atoms with van der Waals surface area (Å²) in [4.78, 5) is 9.99. The van der Waals surface area contributed by atoms with Crippen LogP contribution in [-0.2, 0) is 11.2 Å². The second-order valence-electron chi connectivity index (χ2n) is 2.16. The van der Waals surface area contributed by atoms with Gasteiger partial charge in [-0.05, 0) is 6.07 Å². The summed E-state index contributed by atoms with van der Waals surface area (Å²) in [6.45, 7) is 0. The van der Waals surface area contributed by atoms with Crippen LogP contribution in [0.15, 0.2) is 24.3 Å². The van der Waals surface area contributed by atoms with E-state index in [0.29, 0.717) is 5.56 Å². The van der Waals surface area contributed by atoms with Gasteiger partial charge in [0, 0.05) is 5.56 Å². The van der Waals surface area contributed by atoms with Gasteiger partial charge in [-0.25, -0.2) is 0 Å². The molecule has 0 spiro atoms. The summed E-state index contributed by atoms with van der Waals surface area (Å²) >= 11 is 0. The number of carbonyl (C=O) groups excluding carboxylic acids is 1. The molecule has 0 unspecified atom stereocenters. The molecular weight excluding hydrogens is 147 g/mol. The van der Waals surface area contributed by atoms with Crippen LogP contribution in [0.1, 0.15) is 5.56 Å². The zero-order chi connectivity index (χ0) is 8.27. The Labute approximate surface area is 63.3 Å². The molecule has 0 radical (unpaired) electrons. The van der Waals surface area contributed by atoms with E-state index in [0.717, 1.165) is 0 Å². The van der Waals surface area contributed by atoms with Crippen molar-refractivity contribution < 1.29 is 14.3 Å². The van der Waals surface area contributed by atoms with Crippen molar-refractivity contribution in [2.45, 2.75) is 6.42 Å². The Hall–Kier alpha value is -1.38. The number of carbonyl (C=O) groups is 1. The Morgan fingerprint density at radius 3 is 2.64 bits per heavy atom. The van der Waals surface area contributed by atoms with E-state index in [-0.39, 0.29) is 12.2 Å². The minimum Gasteiger partial charge on any atom is -0.508 e. The van der Waals surface area contributed by atoms with Crippen molar-refractivity contribution in [3.05, 3.63) is 29.8 Å². The van der Waals surface area contributed by atoms with Gasteiger partial charge in [0.1, 0.15) is 5.75 Å². The molecule has 0 aliphatic rings. The molecular formula is C8H7FO2. The Morgan fingerprint density at radius 2 is 2.09 bits per heavy atom. The second kappa shape index (κ2) is 3.14. The molecule has 0 aliphatic heterocycles. The molecule has 58 valence electrons. The molecule has 0 saturated heterocycles. The highest BCUT2D eigenvalue weighted by molar-refractivity contribution is 5.72. The molecule has 2 nitrogen and oxygen atoms in total. The van der Waals surface area contributed by atoms with Crippen LogP contribution in [0.4, 0.5) is 4.39 Å². The van der Waals surface area contributed by atoms with Crippen molar-refractivity contribution in [2.24, 2.45) is 0 Å². The molecule has 0 aliphatic carbocycles. The molecule has 0 fully saturated rings. The number of aromatic hydroxyl groups is 1.